The second-order valence-corrected chi connectivity index (χ2v) is 10.2. The summed E-state index contributed by atoms with van der Waals surface area (Å²) in [5.74, 6) is 0.616. The van der Waals surface area contributed by atoms with E-state index in [1.165, 1.54) is 11.3 Å². The Labute approximate surface area is 166 Å². The lowest BCUT2D eigenvalue weighted by atomic mass is 9.98. The lowest BCUT2D eigenvalue weighted by Crippen LogP contribution is -2.43. The standard InChI is InChI=1S/C17H27N3O3S2.ClH/c1-18-12-14-5-4-8-19(13-14)16(21)11-15-6-7-17(24-15)25(22,23)20-9-2-3-10-20;/h6-7,14,18H,2-5,8-13H2,1H3;1H. The predicted octanol–water partition coefficient (Wildman–Crippen LogP) is 1.95. The molecule has 1 unspecified atom stereocenters. The highest BCUT2D eigenvalue weighted by molar-refractivity contribution is 7.91. The minimum absolute atomic E-state index is 0. The quantitative estimate of drug-likeness (QED) is 0.762. The van der Waals surface area contributed by atoms with Crippen molar-refractivity contribution in [3.05, 3.63) is 17.0 Å². The fourth-order valence-corrected chi connectivity index (χ4v) is 6.67. The summed E-state index contributed by atoms with van der Waals surface area (Å²) in [5.41, 5.74) is 0. The molecule has 1 atom stereocenters. The van der Waals surface area contributed by atoms with Crippen molar-refractivity contribution in [1.82, 2.24) is 14.5 Å². The molecule has 0 radical (unpaired) electrons. The average molecular weight is 422 g/mol. The Morgan fingerprint density at radius 1 is 1.23 bits per heavy atom. The first-order valence-electron chi connectivity index (χ1n) is 9.02. The molecule has 2 saturated heterocycles. The molecule has 0 aromatic carbocycles. The lowest BCUT2D eigenvalue weighted by Gasteiger charge is -2.32. The van der Waals surface area contributed by atoms with Gasteiger partial charge in [-0.25, -0.2) is 8.42 Å². The predicted molar refractivity (Wildman–Crippen MR) is 106 cm³/mol. The first-order valence-corrected chi connectivity index (χ1v) is 11.3. The summed E-state index contributed by atoms with van der Waals surface area (Å²) in [5, 5.41) is 3.19. The summed E-state index contributed by atoms with van der Waals surface area (Å²) in [4.78, 5) is 15.3. The minimum Gasteiger partial charge on any atom is -0.342 e. The fourth-order valence-electron chi connectivity index (χ4n) is 3.66. The number of rotatable bonds is 6. The van der Waals surface area contributed by atoms with Crippen LogP contribution in [-0.4, -0.2) is 63.3 Å². The normalized spacial score (nSPS) is 21.6. The number of likely N-dealkylation sites (tertiary alicyclic amines) is 1. The highest BCUT2D eigenvalue weighted by Crippen LogP contribution is 2.28. The van der Waals surface area contributed by atoms with Crippen LogP contribution in [0.25, 0.3) is 0 Å². The molecule has 2 aliphatic rings. The van der Waals surface area contributed by atoms with Gasteiger partial charge in [0.15, 0.2) is 0 Å². The zero-order valence-corrected chi connectivity index (χ0v) is 17.6. The SMILES string of the molecule is CNCC1CCCN(C(=O)Cc2ccc(S(=O)(=O)N3CCCC3)s2)C1.Cl. The Kier molecular flexibility index (Phi) is 7.90. The van der Waals surface area contributed by atoms with E-state index in [4.69, 9.17) is 0 Å². The number of hydrogen-bond acceptors (Lipinski definition) is 5. The van der Waals surface area contributed by atoms with E-state index >= 15 is 0 Å². The van der Waals surface area contributed by atoms with Gasteiger partial charge in [0.2, 0.25) is 5.91 Å². The van der Waals surface area contributed by atoms with E-state index in [2.05, 4.69) is 5.32 Å². The average Bonchev–Trinajstić information content (AvgIpc) is 3.28. The van der Waals surface area contributed by atoms with Crippen molar-refractivity contribution >= 4 is 39.7 Å². The maximum Gasteiger partial charge on any atom is 0.252 e. The zero-order valence-electron chi connectivity index (χ0n) is 15.1. The number of carbonyl (C=O) groups excluding carboxylic acids is 1. The maximum absolute atomic E-state index is 12.6. The second kappa shape index (κ2) is 9.50. The number of halogens is 1. The number of nitrogens with zero attached hydrogens (tertiary/aromatic N) is 2. The topological polar surface area (TPSA) is 69.7 Å². The van der Waals surface area contributed by atoms with Crippen molar-refractivity contribution in [3.63, 3.8) is 0 Å². The van der Waals surface area contributed by atoms with Crippen LogP contribution in [0.15, 0.2) is 16.3 Å². The van der Waals surface area contributed by atoms with E-state index in [9.17, 15) is 13.2 Å². The van der Waals surface area contributed by atoms with Gasteiger partial charge in [-0.15, -0.1) is 23.7 Å². The van der Waals surface area contributed by atoms with E-state index in [0.29, 0.717) is 29.6 Å². The summed E-state index contributed by atoms with van der Waals surface area (Å²) in [7, 11) is -1.44. The van der Waals surface area contributed by atoms with E-state index in [-0.39, 0.29) is 18.3 Å². The van der Waals surface area contributed by atoms with E-state index in [1.54, 1.807) is 16.4 Å². The largest absolute Gasteiger partial charge is 0.342 e. The van der Waals surface area contributed by atoms with E-state index in [1.807, 2.05) is 11.9 Å². The van der Waals surface area contributed by atoms with Crippen molar-refractivity contribution in [1.29, 1.82) is 0 Å². The van der Waals surface area contributed by atoms with Crippen LogP contribution in [0.4, 0.5) is 0 Å². The van der Waals surface area contributed by atoms with Gasteiger partial charge < -0.3 is 10.2 Å². The molecule has 148 valence electrons. The van der Waals surface area contributed by atoms with Crippen LogP contribution < -0.4 is 5.32 Å². The smallest absolute Gasteiger partial charge is 0.252 e. The molecule has 2 aliphatic heterocycles. The molecule has 0 saturated carbocycles. The number of nitrogens with one attached hydrogen (secondary N) is 1. The van der Waals surface area contributed by atoms with Gasteiger partial charge >= 0.3 is 0 Å². The van der Waals surface area contributed by atoms with Crippen LogP contribution in [0.5, 0.6) is 0 Å². The third-order valence-electron chi connectivity index (χ3n) is 4.99. The van der Waals surface area contributed by atoms with Crippen molar-refractivity contribution in [2.75, 3.05) is 39.8 Å². The summed E-state index contributed by atoms with van der Waals surface area (Å²) >= 11 is 1.24. The molecule has 26 heavy (non-hydrogen) atoms. The van der Waals surface area contributed by atoms with Crippen LogP contribution >= 0.6 is 23.7 Å². The fraction of sp³-hybridized carbons (Fsp3) is 0.706. The van der Waals surface area contributed by atoms with Crippen LogP contribution in [0.1, 0.15) is 30.6 Å². The summed E-state index contributed by atoms with van der Waals surface area (Å²) in [6, 6.07) is 3.45. The number of carbonyl (C=O) groups is 1. The van der Waals surface area contributed by atoms with Crippen molar-refractivity contribution in [3.8, 4) is 0 Å². The minimum atomic E-state index is -3.38. The van der Waals surface area contributed by atoms with E-state index in [0.717, 1.165) is 50.2 Å². The molecule has 9 heteroatoms. The van der Waals surface area contributed by atoms with Crippen LogP contribution in [0.3, 0.4) is 0 Å². The Morgan fingerprint density at radius 3 is 2.65 bits per heavy atom. The molecular formula is C17H28ClN3O3S2. The number of piperidine rings is 1. The molecule has 6 nitrogen and oxygen atoms in total. The highest BCUT2D eigenvalue weighted by Gasteiger charge is 2.29. The molecule has 2 fully saturated rings. The van der Waals surface area contributed by atoms with Gasteiger partial charge in [0.25, 0.3) is 10.0 Å². The van der Waals surface area contributed by atoms with Crippen molar-refractivity contribution in [2.24, 2.45) is 5.92 Å². The lowest BCUT2D eigenvalue weighted by molar-refractivity contribution is -0.132. The summed E-state index contributed by atoms with van der Waals surface area (Å²) in [6.07, 6.45) is 4.35. The Morgan fingerprint density at radius 2 is 1.96 bits per heavy atom. The maximum atomic E-state index is 12.6. The number of hydrogen-bond donors (Lipinski definition) is 1. The Bertz CT molecular complexity index is 700. The van der Waals surface area contributed by atoms with Gasteiger partial charge in [-0.2, -0.15) is 4.31 Å². The zero-order chi connectivity index (χ0) is 17.9. The molecule has 1 N–H and O–H groups in total. The molecule has 1 aromatic heterocycles. The third-order valence-corrected chi connectivity index (χ3v) is 8.44. The van der Waals surface area contributed by atoms with Crippen LogP contribution in [-0.2, 0) is 21.2 Å². The summed E-state index contributed by atoms with van der Waals surface area (Å²) in [6.45, 7) is 3.75. The molecule has 1 aromatic rings. The number of amides is 1. The third kappa shape index (κ3) is 4.98. The van der Waals surface area contributed by atoms with Crippen LogP contribution in [0.2, 0.25) is 0 Å². The van der Waals surface area contributed by atoms with Crippen LogP contribution in [0, 0.1) is 5.92 Å². The monoisotopic (exact) mass is 421 g/mol. The first kappa shape index (κ1) is 21.6. The molecule has 1 amide bonds. The van der Waals surface area contributed by atoms with E-state index < -0.39 is 10.0 Å². The Balaban J connectivity index is 0.00000243. The van der Waals surface area contributed by atoms with Gasteiger partial charge in [-0.3, -0.25) is 4.79 Å². The number of thiophene rings is 1. The highest BCUT2D eigenvalue weighted by atomic mass is 35.5. The van der Waals surface area contributed by atoms with Gasteiger partial charge in [-0.05, 0) is 57.3 Å². The van der Waals surface area contributed by atoms with Gasteiger partial charge in [0.1, 0.15) is 4.21 Å². The second-order valence-electron chi connectivity index (χ2n) is 6.91. The summed E-state index contributed by atoms with van der Waals surface area (Å²) < 4.78 is 27.1. The molecule has 0 spiro atoms. The molecular weight excluding hydrogens is 394 g/mol. The molecule has 3 heterocycles. The van der Waals surface area contributed by atoms with Crippen molar-refractivity contribution in [2.45, 2.75) is 36.3 Å². The van der Waals surface area contributed by atoms with Crippen molar-refractivity contribution < 1.29 is 13.2 Å². The van der Waals surface area contributed by atoms with Gasteiger partial charge in [0.05, 0.1) is 6.42 Å². The number of sulfonamides is 1. The Hall–Kier alpha value is -0.670. The van der Waals surface area contributed by atoms with Gasteiger partial charge in [-0.1, -0.05) is 0 Å². The molecule has 3 rings (SSSR count). The molecule has 0 bridgehead atoms. The molecule has 0 aliphatic carbocycles. The first-order chi connectivity index (χ1) is 12.0. The van der Waals surface area contributed by atoms with Gasteiger partial charge in [0, 0.05) is 31.1 Å².